The van der Waals surface area contributed by atoms with Crippen LogP contribution in [0.3, 0.4) is 0 Å². The molecule has 9 heteroatoms. The van der Waals surface area contributed by atoms with E-state index in [0.29, 0.717) is 29.4 Å². The first-order valence-corrected chi connectivity index (χ1v) is 12.4. The molecule has 4 aromatic rings. The van der Waals surface area contributed by atoms with Crippen LogP contribution >= 0.6 is 0 Å². The van der Waals surface area contributed by atoms with Gasteiger partial charge in [0, 0.05) is 5.69 Å². The first kappa shape index (κ1) is 27.6. The maximum atomic E-state index is 12.8. The van der Waals surface area contributed by atoms with E-state index in [4.69, 9.17) is 9.47 Å². The molecule has 0 aliphatic rings. The lowest BCUT2D eigenvalue weighted by atomic mass is 10.1. The number of methoxy groups -OCH3 is 1. The molecule has 3 N–H and O–H groups in total. The number of nitrogens with one attached hydrogen (secondary N) is 3. The molecule has 0 spiro atoms. The van der Waals surface area contributed by atoms with Crippen molar-refractivity contribution >= 4 is 35.3 Å². The summed E-state index contributed by atoms with van der Waals surface area (Å²) in [5, 5.41) is 9.12. The monoisotopic (exact) mass is 536 g/mol. The number of carbonyl (C=O) groups is 3. The third-order valence-electron chi connectivity index (χ3n) is 5.71. The largest absolute Gasteiger partial charge is 0.493 e. The van der Waals surface area contributed by atoms with E-state index in [9.17, 15) is 14.4 Å². The highest BCUT2D eigenvalue weighted by atomic mass is 16.5. The average Bonchev–Trinajstić information content (AvgIpc) is 2.97. The summed E-state index contributed by atoms with van der Waals surface area (Å²) >= 11 is 0. The summed E-state index contributed by atoms with van der Waals surface area (Å²) in [6.45, 7) is 2.30. The summed E-state index contributed by atoms with van der Waals surface area (Å²) in [6, 6.07) is 28.6. The van der Waals surface area contributed by atoms with Gasteiger partial charge in [-0.05, 0) is 66.1 Å². The third-order valence-corrected chi connectivity index (χ3v) is 5.71. The molecule has 0 fully saturated rings. The Morgan fingerprint density at radius 3 is 2.35 bits per heavy atom. The molecule has 0 atom stereocenters. The topological polar surface area (TPSA) is 118 Å². The number of para-hydroxylation sites is 1. The summed E-state index contributed by atoms with van der Waals surface area (Å²) in [5.41, 5.74) is 5.82. The maximum absolute atomic E-state index is 12.8. The molecule has 0 radical (unpaired) electrons. The van der Waals surface area contributed by atoms with Crippen LogP contribution in [0, 0.1) is 6.92 Å². The smallest absolute Gasteiger partial charge is 0.329 e. The molecule has 9 nitrogen and oxygen atoms in total. The molecule has 4 rings (SSSR count). The zero-order chi connectivity index (χ0) is 28.3. The van der Waals surface area contributed by atoms with Gasteiger partial charge in [-0.2, -0.15) is 5.10 Å². The van der Waals surface area contributed by atoms with Gasteiger partial charge in [0.1, 0.15) is 6.61 Å². The lowest BCUT2D eigenvalue weighted by Crippen LogP contribution is -2.33. The Morgan fingerprint density at radius 1 is 0.800 bits per heavy atom. The Morgan fingerprint density at radius 2 is 1.57 bits per heavy atom. The van der Waals surface area contributed by atoms with Gasteiger partial charge in [-0.15, -0.1) is 0 Å². The van der Waals surface area contributed by atoms with Crippen molar-refractivity contribution in [2.45, 2.75) is 13.5 Å². The van der Waals surface area contributed by atoms with E-state index in [1.807, 2.05) is 55.5 Å². The number of nitrogens with zero attached hydrogens (tertiary/aromatic N) is 1. The van der Waals surface area contributed by atoms with E-state index < -0.39 is 17.7 Å². The molecule has 0 unspecified atom stereocenters. The second-order valence-electron chi connectivity index (χ2n) is 8.71. The number of benzene rings is 4. The van der Waals surface area contributed by atoms with Crippen LogP contribution < -0.4 is 25.5 Å². The van der Waals surface area contributed by atoms with Crippen molar-refractivity contribution in [3.63, 3.8) is 0 Å². The molecule has 3 amide bonds. The van der Waals surface area contributed by atoms with E-state index in [1.54, 1.807) is 42.5 Å². The molecule has 0 aromatic heterocycles. The van der Waals surface area contributed by atoms with E-state index in [2.05, 4.69) is 21.2 Å². The zero-order valence-corrected chi connectivity index (χ0v) is 22.0. The lowest BCUT2D eigenvalue weighted by molar-refractivity contribution is -0.136. The van der Waals surface area contributed by atoms with Crippen molar-refractivity contribution in [3.05, 3.63) is 119 Å². The molecule has 40 heavy (non-hydrogen) atoms. The average molecular weight is 537 g/mol. The highest BCUT2D eigenvalue weighted by Crippen LogP contribution is 2.28. The molecular weight excluding hydrogens is 508 g/mol. The van der Waals surface area contributed by atoms with Crippen LogP contribution in [0.25, 0.3) is 0 Å². The quantitative estimate of drug-likeness (QED) is 0.159. The molecular formula is C31H28N4O5. The highest BCUT2D eigenvalue weighted by Gasteiger charge is 2.18. The first-order chi connectivity index (χ1) is 19.4. The van der Waals surface area contributed by atoms with Gasteiger partial charge in [0.25, 0.3) is 5.91 Å². The number of rotatable bonds is 9. The number of amides is 3. The minimum absolute atomic E-state index is 0.188. The third kappa shape index (κ3) is 7.55. The van der Waals surface area contributed by atoms with Gasteiger partial charge in [-0.25, -0.2) is 5.43 Å². The van der Waals surface area contributed by atoms with Crippen molar-refractivity contribution in [2.24, 2.45) is 5.10 Å². The molecule has 0 aliphatic heterocycles. The van der Waals surface area contributed by atoms with Crippen LogP contribution in [0.5, 0.6) is 11.5 Å². The number of ether oxygens (including phenoxy) is 2. The molecule has 0 heterocycles. The predicted octanol–water partition coefficient (Wildman–Crippen LogP) is 4.92. The van der Waals surface area contributed by atoms with Crippen LogP contribution in [0.4, 0.5) is 11.4 Å². The minimum atomic E-state index is -1.00. The van der Waals surface area contributed by atoms with Gasteiger partial charge in [0.15, 0.2) is 11.5 Å². The number of carbonyl (C=O) groups excluding carboxylic acids is 3. The SMILES string of the molecule is COc1cc(/C=N\NC(=O)C(=O)Nc2ccccc2C(=O)Nc2cccc(C)c2)ccc1OCc1ccccc1. The minimum Gasteiger partial charge on any atom is -0.493 e. The molecule has 0 saturated carbocycles. The fourth-order valence-corrected chi connectivity index (χ4v) is 3.73. The molecule has 4 aromatic carbocycles. The summed E-state index contributed by atoms with van der Waals surface area (Å²) in [6.07, 6.45) is 1.37. The predicted molar refractivity (Wildman–Crippen MR) is 154 cm³/mol. The van der Waals surface area contributed by atoms with Crippen LogP contribution in [0.1, 0.15) is 27.0 Å². The summed E-state index contributed by atoms with van der Waals surface area (Å²) < 4.78 is 11.3. The van der Waals surface area contributed by atoms with E-state index in [1.165, 1.54) is 19.4 Å². The van der Waals surface area contributed by atoms with Crippen molar-refractivity contribution in [2.75, 3.05) is 17.7 Å². The van der Waals surface area contributed by atoms with Crippen molar-refractivity contribution in [3.8, 4) is 11.5 Å². The fraction of sp³-hybridized carbons (Fsp3) is 0.0968. The van der Waals surface area contributed by atoms with Crippen LogP contribution in [0.2, 0.25) is 0 Å². The standard InChI is InChI=1S/C31H28N4O5/c1-21-9-8-12-24(17-21)33-29(36)25-13-6-7-14-26(25)34-30(37)31(38)35-32-19-23-15-16-27(28(18-23)39-2)40-20-22-10-4-3-5-11-22/h3-19H,20H2,1-2H3,(H,33,36)(H,34,37)(H,35,38)/b32-19-. The highest BCUT2D eigenvalue weighted by molar-refractivity contribution is 6.40. The first-order valence-electron chi connectivity index (χ1n) is 12.4. The molecule has 202 valence electrons. The lowest BCUT2D eigenvalue weighted by Gasteiger charge is -2.11. The number of hydrazone groups is 1. The van der Waals surface area contributed by atoms with E-state index >= 15 is 0 Å². The second kappa shape index (κ2) is 13.4. The summed E-state index contributed by atoms with van der Waals surface area (Å²) in [5.74, 6) is -1.36. The van der Waals surface area contributed by atoms with Gasteiger partial charge in [-0.1, -0.05) is 54.6 Å². The van der Waals surface area contributed by atoms with Crippen LogP contribution in [0.15, 0.2) is 102 Å². The van der Waals surface area contributed by atoms with E-state index in [0.717, 1.165) is 11.1 Å². The van der Waals surface area contributed by atoms with Crippen molar-refractivity contribution < 1.29 is 23.9 Å². The summed E-state index contributed by atoms with van der Waals surface area (Å²) in [7, 11) is 1.52. The maximum Gasteiger partial charge on any atom is 0.329 e. The summed E-state index contributed by atoms with van der Waals surface area (Å²) in [4.78, 5) is 37.7. The molecule has 0 saturated heterocycles. The Hall–Kier alpha value is -5.44. The Kier molecular flexibility index (Phi) is 9.23. The van der Waals surface area contributed by atoms with E-state index in [-0.39, 0.29) is 11.3 Å². The Labute approximate surface area is 231 Å². The normalized spacial score (nSPS) is 10.6. The van der Waals surface area contributed by atoms with Crippen LogP contribution in [-0.4, -0.2) is 31.0 Å². The Balaban J connectivity index is 1.34. The van der Waals surface area contributed by atoms with Gasteiger partial charge < -0.3 is 20.1 Å². The number of aryl methyl sites for hydroxylation is 1. The number of anilines is 2. The van der Waals surface area contributed by atoms with Gasteiger partial charge in [0.05, 0.1) is 24.6 Å². The van der Waals surface area contributed by atoms with Gasteiger partial charge in [-0.3, -0.25) is 14.4 Å². The number of hydrogen-bond acceptors (Lipinski definition) is 6. The fourth-order valence-electron chi connectivity index (χ4n) is 3.73. The van der Waals surface area contributed by atoms with Crippen molar-refractivity contribution in [1.82, 2.24) is 5.43 Å². The van der Waals surface area contributed by atoms with Crippen LogP contribution in [-0.2, 0) is 16.2 Å². The zero-order valence-electron chi connectivity index (χ0n) is 22.0. The molecule has 0 bridgehead atoms. The van der Waals surface area contributed by atoms with Crippen molar-refractivity contribution in [1.29, 1.82) is 0 Å². The molecule has 0 aliphatic carbocycles. The second-order valence-corrected chi connectivity index (χ2v) is 8.71. The Bertz CT molecular complexity index is 1540. The van der Waals surface area contributed by atoms with Gasteiger partial charge >= 0.3 is 11.8 Å². The van der Waals surface area contributed by atoms with Gasteiger partial charge in [0.2, 0.25) is 0 Å². The number of hydrogen-bond donors (Lipinski definition) is 3.